The summed E-state index contributed by atoms with van der Waals surface area (Å²) in [6, 6.07) is 14.5. The van der Waals surface area contributed by atoms with Crippen LogP contribution in [-0.2, 0) is 16.1 Å². The van der Waals surface area contributed by atoms with Crippen LogP contribution in [0, 0.1) is 6.92 Å². The molecule has 1 N–H and O–H groups in total. The van der Waals surface area contributed by atoms with Crippen LogP contribution in [0.5, 0.6) is 11.5 Å². The standard InChI is InChI=1S/C25H34N2O4/c1-6-19(4)26-25(29)22(7-2)27(16-20-12-14-21(30-5)15-13-20)24(28)17-31-23-11-9-8-10-18(23)3/h8-15,19,22H,6-7,16-17H2,1-5H3,(H,26,29). The van der Waals surface area contributed by atoms with Gasteiger partial charge in [-0.05, 0) is 56.0 Å². The summed E-state index contributed by atoms with van der Waals surface area (Å²) in [7, 11) is 1.61. The van der Waals surface area contributed by atoms with E-state index in [0.717, 1.165) is 23.3 Å². The van der Waals surface area contributed by atoms with E-state index in [2.05, 4.69) is 5.32 Å². The summed E-state index contributed by atoms with van der Waals surface area (Å²) in [4.78, 5) is 27.8. The van der Waals surface area contributed by atoms with Gasteiger partial charge in [-0.1, -0.05) is 44.2 Å². The third kappa shape index (κ3) is 7.02. The quantitative estimate of drug-likeness (QED) is 0.587. The van der Waals surface area contributed by atoms with Crippen molar-refractivity contribution in [2.45, 2.75) is 59.2 Å². The van der Waals surface area contributed by atoms with E-state index in [9.17, 15) is 9.59 Å². The van der Waals surface area contributed by atoms with Crippen LogP contribution in [0.2, 0.25) is 0 Å². The summed E-state index contributed by atoms with van der Waals surface area (Å²) in [5.41, 5.74) is 1.87. The van der Waals surface area contributed by atoms with E-state index >= 15 is 0 Å². The first kappa shape index (κ1) is 24.3. The summed E-state index contributed by atoms with van der Waals surface area (Å²) in [6.07, 6.45) is 1.33. The number of aryl methyl sites for hydroxylation is 1. The van der Waals surface area contributed by atoms with Crippen molar-refractivity contribution < 1.29 is 19.1 Å². The Labute approximate surface area is 185 Å². The number of methoxy groups -OCH3 is 1. The highest BCUT2D eigenvalue weighted by Crippen LogP contribution is 2.19. The van der Waals surface area contributed by atoms with E-state index in [-0.39, 0.29) is 24.5 Å². The average Bonchev–Trinajstić information content (AvgIpc) is 2.78. The molecule has 2 amide bonds. The largest absolute Gasteiger partial charge is 0.497 e. The molecular formula is C25H34N2O4. The number of carbonyl (C=O) groups excluding carboxylic acids is 2. The number of hydrogen-bond donors (Lipinski definition) is 1. The van der Waals surface area contributed by atoms with E-state index < -0.39 is 6.04 Å². The summed E-state index contributed by atoms with van der Waals surface area (Å²) in [5, 5.41) is 3.01. The molecule has 0 radical (unpaired) electrons. The predicted molar refractivity (Wildman–Crippen MR) is 122 cm³/mol. The highest BCUT2D eigenvalue weighted by molar-refractivity contribution is 5.88. The van der Waals surface area contributed by atoms with Crippen molar-refractivity contribution in [3.8, 4) is 11.5 Å². The van der Waals surface area contributed by atoms with Crippen molar-refractivity contribution >= 4 is 11.8 Å². The molecule has 168 valence electrons. The van der Waals surface area contributed by atoms with Crippen LogP contribution < -0.4 is 14.8 Å². The Hall–Kier alpha value is -3.02. The van der Waals surface area contributed by atoms with Crippen LogP contribution in [0.3, 0.4) is 0 Å². The number of carbonyl (C=O) groups is 2. The van der Waals surface area contributed by atoms with Gasteiger partial charge in [-0.25, -0.2) is 0 Å². The van der Waals surface area contributed by atoms with Gasteiger partial charge in [0.25, 0.3) is 5.91 Å². The molecule has 2 aromatic rings. The zero-order chi connectivity index (χ0) is 22.8. The molecule has 6 heteroatoms. The van der Waals surface area contributed by atoms with Crippen LogP contribution in [0.4, 0.5) is 0 Å². The first-order chi connectivity index (χ1) is 14.9. The van der Waals surface area contributed by atoms with Gasteiger partial charge in [0.15, 0.2) is 6.61 Å². The number of rotatable bonds is 11. The Kier molecular flexibility index (Phi) is 9.38. The second-order valence-electron chi connectivity index (χ2n) is 7.67. The van der Waals surface area contributed by atoms with Crippen LogP contribution in [-0.4, -0.2) is 42.5 Å². The Morgan fingerprint density at radius 2 is 1.71 bits per heavy atom. The fraction of sp³-hybridized carbons (Fsp3) is 0.440. The molecule has 6 nitrogen and oxygen atoms in total. The monoisotopic (exact) mass is 426 g/mol. The van der Waals surface area contributed by atoms with Gasteiger partial charge in [-0.3, -0.25) is 9.59 Å². The van der Waals surface area contributed by atoms with Crippen molar-refractivity contribution in [2.75, 3.05) is 13.7 Å². The molecule has 0 aromatic heterocycles. The van der Waals surface area contributed by atoms with Gasteiger partial charge in [0.2, 0.25) is 5.91 Å². The summed E-state index contributed by atoms with van der Waals surface area (Å²) >= 11 is 0. The van der Waals surface area contributed by atoms with E-state index in [1.807, 2.05) is 76.2 Å². The normalized spacial score (nSPS) is 12.5. The lowest BCUT2D eigenvalue weighted by molar-refractivity contribution is -0.143. The van der Waals surface area contributed by atoms with Crippen molar-refractivity contribution in [3.63, 3.8) is 0 Å². The van der Waals surface area contributed by atoms with Crippen LogP contribution in [0.25, 0.3) is 0 Å². The molecule has 0 saturated carbocycles. The molecule has 0 aliphatic carbocycles. The Bertz CT molecular complexity index is 851. The molecule has 0 spiro atoms. The summed E-state index contributed by atoms with van der Waals surface area (Å²) < 4.78 is 11.0. The number of nitrogens with one attached hydrogen (secondary N) is 1. The third-order valence-electron chi connectivity index (χ3n) is 5.34. The number of amides is 2. The van der Waals surface area contributed by atoms with Crippen molar-refractivity contribution in [1.82, 2.24) is 10.2 Å². The smallest absolute Gasteiger partial charge is 0.261 e. The van der Waals surface area contributed by atoms with Gasteiger partial charge in [0.1, 0.15) is 17.5 Å². The number of para-hydroxylation sites is 1. The number of ether oxygens (including phenoxy) is 2. The van der Waals surface area contributed by atoms with E-state index in [4.69, 9.17) is 9.47 Å². The molecule has 0 aliphatic heterocycles. The highest BCUT2D eigenvalue weighted by Gasteiger charge is 2.29. The SMILES string of the molecule is CCC(C)NC(=O)C(CC)N(Cc1ccc(OC)cc1)C(=O)COc1ccccc1C. The summed E-state index contributed by atoms with van der Waals surface area (Å²) in [5.74, 6) is 1.03. The lowest BCUT2D eigenvalue weighted by Crippen LogP contribution is -2.51. The van der Waals surface area contributed by atoms with E-state index in [0.29, 0.717) is 18.7 Å². The average molecular weight is 427 g/mol. The van der Waals surface area contributed by atoms with Gasteiger partial charge in [-0.2, -0.15) is 0 Å². The maximum Gasteiger partial charge on any atom is 0.261 e. The maximum atomic E-state index is 13.2. The lowest BCUT2D eigenvalue weighted by Gasteiger charge is -2.31. The Morgan fingerprint density at radius 3 is 2.29 bits per heavy atom. The molecule has 31 heavy (non-hydrogen) atoms. The van der Waals surface area contributed by atoms with Crippen molar-refractivity contribution in [3.05, 3.63) is 59.7 Å². The fourth-order valence-electron chi connectivity index (χ4n) is 3.23. The molecule has 0 heterocycles. The second-order valence-corrected chi connectivity index (χ2v) is 7.67. The minimum atomic E-state index is -0.580. The first-order valence-electron chi connectivity index (χ1n) is 10.8. The molecule has 2 atom stereocenters. The predicted octanol–water partition coefficient (Wildman–Crippen LogP) is 4.10. The first-order valence-corrected chi connectivity index (χ1v) is 10.8. The van der Waals surface area contributed by atoms with Gasteiger partial charge in [0, 0.05) is 12.6 Å². The molecule has 2 unspecified atom stereocenters. The van der Waals surface area contributed by atoms with E-state index in [1.165, 1.54) is 0 Å². The molecule has 2 rings (SSSR count). The molecular weight excluding hydrogens is 392 g/mol. The van der Waals surface area contributed by atoms with Gasteiger partial charge in [0.05, 0.1) is 7.11 Å². The van der Waals surface area contributed by atoms with Crippen molar-refractivity contribution in [1.29, 1.82) is 0 Å². The van der Waals surface area contributed by atoms with Gasteiger partial charge in [-0.15, -0.1) is 0 Å². The fourth-order valence-corrected chi connectivity index (χ4v) is 3.23. The molecule has 0 bridgehead atoms. The third-order valence-corrected chi connectivity index (χ3v) is 5.34. The zero-order valence-electron chi connectivity index (χ0n) is 19.2. The second kappa shape index (κ2) is 12.0. The Balaban J connectivity index is 2.22. The van der Waals surface area contributed by atoms with E-state index in [1.54, 1.807) is 12.0 Å². The molecule has 2 aromatic carbocycles. The van der Waals surface area contributed by atoms with Gasteiger partial charge < -0.3 is 19.7 Å². The van der Waals surface area contributed by atoms with Crippen LogP contribution in [0.1, 0.15) is 44.7 Å². The van der Waals surface area contributed by atoms with Crippen LogP contribution >= 0.6 is 0 Å². The number of benzene rings is 2. The lowest BCUT2D eigenvalue weighted by atomic mass is 10.1. The minimum Gasteiger partial charge on any atom is -0.497 e. The molecule has 0 saturated heterocycles. The Morgan fingerprint density at radius 1 is 1.03 bits per heavy atom. The number of nitrogens with zero attached hydrogens (tertiary/aromatic N) is 1. The topological polar surface area (TPSA) is 67.9 Å². The zero-order valence-corrected chi connectivity index (χ0v) is 19.2. The minimum absolute atomic E-state index is 0.0442. The van der Waals surface area contributed by atoms with Gasteiger partial charge >= 0.3 is 0 Å². The molecule has 0 aliphatic rings. The highest BCUT2D eigenvalue weighted by atomic mass is 16.5. The number of hydrogen-bond acceptors (Lipinski definition) is 4. The van der Waals surface area contributed by atoms with Crippen molar-refractivity contribution in [2.24, 2.45) is 0 Å². The summed E-state index contributed by atoms with van der Waals surface area (Å²) in [6.45, 7) is 8.00. The molecule has 0 fully saturated rings. The van der Waals surface area contributed by atoms with Crippen LogP contribution in [0.15, 0.2) is 48.5 Å². The maximum absolute atomic E-state index is 13.2.